The van der Waals surface area contributed by atoms with Crippen LogP contribution in [0, 0.1) is 24.7 Å². The van der Waals surface area contributed by atoms with Gasteiger partial charge in [0.1, 0.15) is 21.2 Å². The molecule has 2 saturated heterocycles. The summed E-state index contributed by atoms with van der Waals surface area (Å²) in [7, 11) is 1.55. The highest BCUT2D eigenvalue weighted by atomic mass is 35.5. The number of esters is 1. The Balaban J connectivity index is 1.20. The highest BCUT2D eigenvalue weighted by molar-refractivity contribution is 6.67. The molecule has 220 valence electrons. The number of anilines is 2. The molecule has 0 spiro atoms. The number of allylic oxidation sites excluding steroid dienone is 2. The van der Waals surface area contributed by atoms with Gasteiger partial charge in [-0.15, -0.1) is 23.2 Å². The molecule has 2 aliphatic heterocycles. The molecule has 2 bridgehead atoms. The molecule has 0 aromatic heterocycles. The van der Waals surface area contributed by atoms with Crippen LogP contribution in [0.1, 0.15) is 12.0 Å². The third kappa shape index (κ3) is 3.75. The monoisotopic (exact) mass is 690 g/mol. The summed E-state index contributed by atoms with van der Waals surface area (Å²) in [5, 5.41) is -0.352. The van der Waals surface area contributed by atoms with Crippen molar-refractivity contribution in [2.24, 2.45) is 17.8 Å². The molecule has 3 amide bonds. The average Bonchev–Trinajstić information content (AvgIpc) is 3.54. The number of carbonyl (C=O) groups excluding carboxylic acids is 4. The number of fused-ring (bicyclic) bond motifs is 5. The summed E-state index contributed by atoms with van der Waals surface area (Å²) in [4.78, 5) is 51.6. The van der Waals surface area contributed by atoms with E-state index in [4.69, 9.17) is 79.1 Å². The van der Waals surface area contributed by atoms with E-state index in [2.05, 4.69) is 0 Å². The fourth-order valence-electron chi connectivity index (χ4n) is 6.25. The van der Waals surface area contributed by atoms with Gasteiger partial charge in [0, 0.05) is 18.7 Å². The van der Waals surface area contributed by atoms with Crippen molar-refractivity contribution < 1.29 is 28.7 Å². The number of hydrogen-bond donors (Lipinski definition) is 0. The Hall–Kier alpha value is -2.20. The van der Waals surface area contributed by atoms with Gasteiger partial charge in [-0.05, 0) is 55.0 Å². The van der Waals surface area contributed by atoms with Crippen molar-refractivity contribution in [2.45, 2.75) is 27.4 Å². The lowest BCUT2D eigenvalue weighted by molar-refractivity contribution is -0.139. The molecular formula is C28H20Cl6N2O6. The Bertz CT molecular complexity index is 1570. The molecule has 2 aromatic carbocycles. The normalized spacial score (nSPS) is 31.3. The van der Waals surface area contributed by atoms with Crippen molar-refractivity contribution in [1.82, 2.24) is 0 Å². The molecule has 42 heavy (non-hydrogen) atoms. The number of benzene rings is 2. The van der Waals surface area contributed by atoms with Crippen LogP contribution in [-0.4, -0.2) is 51.4 Å². The molecular weight excluding hydrogens is 673 g/mol. The summed E-state index contributed by atoms with van der Waals surface area (Å²) in [6.45, 7) is 1.79. The van der Waals surface area contributed by atoms with E-state index >= 15 is 0 Å². The Labute approximate surface area is 270 Å². The smallest absolute Gasteiger partial charge is 0.316 e. The lowest BCUT2D eigenvalue weighted by Crippen LogP contribution is -2.50. The van der Waals surface area contributed by atoms with Gasteiger partial charge in [-0.2, -0.15) is 0 Å². The number of hydrogen-bond acceptors (Lipinski definition) is 6. The van der Waals surface area contributed by atoms with Crippen LogP contribution in [0.25, 0.3) is 0 Å². The second kappa shape index (κ2) is 9.91. The first-order valence-corrected chi connectivity index (χ1v) is 14.9. The maximum atomic E-state index is 13.7. The quantitative estimate of drug-likeness (QED) is 0.167. The van der Waals surface area contributed by atoms with Crippen molar-refractivity contribution in [3.05, 3.63) is 58.1 Å². The Morgan fingerprint density at radius 3 is 1.95 bits per heavy atom. The number of ether oxygens (including phenoxy) is 2. The summed E-state index contributed by atoms with van der Waals surface area (Å²) in [6.07, 6.45) is -0.0103. The summed E-state index contributed by atoms with van der Waals surface area (Å²) < 4.78 is 8.71. The van der Waals surface area contributed by atoms with Gasteiger partial charge in [0.15, 0.2) is 4.33 Å². The number of carbonyl (C=O) groups is 4. The van der Waals surface area contributed by atoms with E-state index in [1.807, 2.05) is 0 Å². The number of aryl methyl sites for hydroxylation is 1. The zero-order valence-electron chi connectivity index (χ0n) is 21.8. The SMILES string of the molecule is COc1ccc(N2C[C@@H](C(=O)Oc3ccc(N4C(=O)[C@@H]5[C@H](C4=O)[C@@]4(Cl)C(Cl)=C(Cl)[C@@]5(Cl)C4(Cl)Cl)c(C)c3)CC2=O)cc1. The highest BCUT2D eigenvalue weighted by Gasteiger charge is 2.87. The Kier molecular flexibility index (Phi) is 7.04. The fraction of sp³-hybridized carbons (Fsp3) is 0.357. The van der Waals surface area contributed by atoms with Crippen LogP contribution in [-0.2, 0) is 19.2 Å². The average molecular weight is 693 g/mol. The minimum atomic E-state index is -2.03. The Morgan fingerprint density at radius 1 is 0.881 bits per heavy atom. The molecule has 3 fully saturated rings. The van der Waals surface area contributed by atoms with E-state index in [0.717, 1.165) is 4.90 Å². The van der Waals surface area contributed by atoms with Crippen LogP contribution in [0.4, 0.5) is 11.4 Å². The second-order valence-corrected chi connectivity index (χ2v) is 13.8. The Morgan fingerprint density at radius 2 is 1.43 bits per heavy atom. The predicted molar refractivity (Wildman–Crippen MR) is 160 cm³/mol. The summed E-state index contributed by atoms with van der Waals surface area (Å²) in [5.41, 5.74) is 1.31. The lowest BCUT2D eigenvalue weighted by Gasteiger charge is -2.34. The number of halogens is 6. The molecule has 14 heteroatoms. The molecule has 2 aromatic rings. The zero-order valence-corrected chi connectivity index (χ0v) is 26.3. The lowest BCUT2D eigenvalue weighted by atomic mass is 9.84. The third-order valence-corrected chi connectivity index (χ3v) is 12.6. The third-order valence-electron chi connectivity index (χ3n) is 8.38. The van der Waals surface area contributed by atoms with E-state index in [9.17, 15) is 19.2 Å². The molecule has 4 aliphatic rings. The van der Waals surface area contributed by atoms with Gasteiger partial charge in [-0.25, -0.2) is 4.90 Å². The van der Waals surface area contributed by atoms with Crippen molar-refractivity contribution in [3.8, 4) is 11.5 Å². The second-order valence-electron chi connectivity index (χ2n) is 10.6. The van der Waals surface area contributed by atoms with Crippen molar-refractivity contribution in [3.63, 3.8) is 0 Å². The molecule has 2 aliphatic carbocycles. The van der Waals surface area contributed by atoms with Crippen molar-refractivity contribution in [1.29, 1.82) is 0 Å². The number of rotatable bonds is 5. The van der Waals surface area contributed by atoms with Crippen molar-refractivity contribution >= 4 is 105 Å². The molecule has 8 nitrogen and oxygen atoms in total. The first-order valence-electron chi connectivity index (χ1n) is 12.7. The van der Waals surface area contributed by atoms with E-state index in [1.165, 1.54) is 23.1 Å². The van der Waals surface area contributed by atoms with Gasteiger partial charge in [-0.1, -0.05) is 46.4 Å². The number of amides is 3. The highest BCUT2D eigenvalue weighted by Crippen LogP contribution is 2.77. The van der Waals surface area contributed by atoms with Gasteiger partial charge < -0.3 is 14.4 Å². The van der Waals surface area contributed by atoms with E-state index < -0.39 is 49.6 Å². The van der Waals surface area contributed by atoms with Crippen LogP contribution in [0.3, 0.4) is 0 Å². The summed E-state index contributed by atoms with van der Waals surface area (Å²) in [6, 6.07) is 11.4. The maximum Gasteiger partial charge on any atom is 0.316 e. The van der Waals surface area contributed by atoms with Gasteiger partial charge in [0.05, 0.1) is 40.6 Å². The minimum Gasteiger partial charge on any atom is -0.497 e. The standard InChI is InChI=1S/C28H20Cl6N2O6/c1-12-9-16(42-25(40)13-10-18(37)35(11-13)14-3-5-15(41-2)6-4-14)7-8-17(12)36-23(38)19-20(24(36)39)27(32)22(30)21(29)26(19,31)28(27,33)34/h3-9,13,19-20H,10-11H2,1-2H3/t13-,19-,20+,26+,27+/m0/s1. The first-order chi connectivity index (χ1) is 19.7. The number of alkyl halides is 4. The topological polar surface area (TPSA) is 93.2 Å². The van der Waals surface area contributed by atoms with Gasteiger partial charge >= 0.3 is 5.97 Å². The summed E-state index contributed by atoms with van der Waals surface area (Å²) >= 11 is 39.4. The zero-order chi connectivity index (χ0) is 30.5. The molecule has 0 radical (unpaired) electrons. The number of methoxy groups -OCH3 is 1. The molecule has 6 rings (SSSR count). The molecule has 2 heterocycles. The fourth-order valence-corrected chi connectivity index (χ4v) is 9.18. The van der Waals surface area contributed by atoms with Gasteiger partial charge in [0.2, 0.25) is 17.7 Å². The minimum absolute atomic E-state index is 0.0103. The van der Waals surface area contributed by atoms with Crippen LogP contribution >= 0.6 is 69.6 Å². The van der Waals surface area contributed by atoms with E-state index in [-0.39, 0.29) is 40.4 Å². The first kappa shape index (κ1) is 29.9. The van der Waals surface area contributed by atoms with E-state index in [1.54, 1.807) is 38.3 Å². The van der Waals surface area contributed by atoms with Gasteiger partial charge in [0.25, 0.3) is 0 Å². The van der Waals surface area contributed by atoms with E-state index in [0.29, 0.717) is 17.0 Å². The van der Waals surface area contributed by atoms with Crippen LogP contribution in [0.5, 0.6) is 11.5 Å². The van der Waals surface area contributed by atoms with Gasteiger partial charge in [-0.3, -0.25) is 19.2 Å². The summed E-state index contributed by atoms with van der Waals surface area (Å²) in [5.74, 6) is -4.57. The molecule has 5 atom stereocenters. The number of imide groups is 1. The number of nitrogens with zero attached hydrogens (tertiary/aromatic N) is 2. The maximum absolute atomic E-state index is 13.7. The molecule has 1 saturated carbocycles. The largest absolute Gasteiger partial charge is 0.497 e. The molecule has 0 N–H and O–H groups in total. The van der Waals surface area contributed by atoms with Crippen LogP contribution in [0.15, 0.2) is 52.5 Å². The van der Waals surface area contributed by atoms with Crippen LogP contribution in [0.2, 0.25) is 0 Å². The van der Waals surface area contributed by atoms with Crippen LogP contribution < -0.4 is 19.3 Å². The molecule has 0 unspecified atom stereocenters. The van der Waals surface area contributed by atoms with Crippen molar-refractivity contribution in [2.75, 3.05) is 23.5 Å². The predicted octanol–water partition coefficient (Wildman–Crippen LogP) is 5.91.